The standard InChI is InChI=1S/C32H29FN6O2/c1-39(2)13-14-41-30-27(40-3)17-26-29(28(30)20-10-12-25-22(15-20)18-35-38-25)31(34)37-32(36-26)21-9-11-23(24(33)16-21)19-7-5-4-6-8-19/h4-12,15-18H,13-14H2,1-3H3,(H,35,38)(H2,34,36,37). The highest BCUT2D eigenvalue weighted by Crippen LogP contribution is 2.46. The van der Waals surface area contributed by atoms with Crippen LogP contribution in [0.5, 0.6) is 11.5 Å². The van der Waals surface area contributed by atoms with Gasteiger partial charge in [0.25, 0.3) is 0 Å². The van der Waals surface area contributed by atoms with Gasteiger partial charge in [-0.2, -0.15) is 5.10 Å². The van der Waals surface area contributed by atoms with Crippen LogP contribution in [-0.4, -0.2) is 59.4 Å². The first-order valence-electron chi connectivity index (χ1n) is 13.2. The number of methoxy groups -OCH3 is 1. The lowest BCUT2D eigenvalue weighted by Crippen LogP contribution is -2.19. The molecule has 0 saturated carbocycles. The molecule has 4 aromatic carbocycles. The Bertz CT molecular complexity index is 1870. The highest BCUT2D eigenvalue weighted by molar-refractivity contribution is 6.07. The Labute approximate surface area is 236 Å². The number of benzene rings is 4. The number of nitrogen functional groups attached to an aromatic ring is 1. The summed E-state index contributed by atoms with van der Waals surface area (Å²) < 4.78 is 27.3. The topological polar surface area (TPSA) is 102 Å². The molecule has 0 radical (unpaired) electrons. The van der Waals surface area contributed by atoms with Gasteiger partial charge in [0.2, 0.25) is 0 Å². The van der Waals surface area contributed by atoms with Gasteiger partial charge in [-0.3, -0.25) is 5.10 Å². The first-order valence-corrected chi connectivity index (χ1v) is 13.2. The molecule has 6 aromatic rings. The van der Waals surface area contributed by atoms with E-state index >= 15 is 4.39 Å². The number of nitrogens with one attached hydrogen (secondary N) is 1. The fourth-order valence-corrected chi connectivity index (χ4v) is 4.92. The van der Waals surface area contributed by atoms with Crippen molar-refractivity contribution in [3.8, 4) is 45.1 Å². The van der Waals surface area contributed by atoms with E-state index in [1.54, 1.807) is 31.5 Å². The van der Waals surface area contributed by atoms with E-state index < -0.39 is 0 Å². The number of fused-ring (bicyclic) bond motifs is 2. The second-order valence-electron chi connectivity index (χ2n) is 9.99. The van der Waals surface area contributed by atoms with Crippen molar-refractivity contribution >= 4 is 27.6 Å². The number of hydrogen-bond donors (Lipinski definition) is 2. The van der Waals surface area contributed by atoms with E-state index in [1.165, 1.54) is 6.07 Å². The summed E-state index contributed by atoms with van der Waals surface area (Å²) in [7, 11) is 5.56. The summed E-state index contributed by atoms with van der Waals surface area (Å²) in [5.41, 5.74) is 11.5. The fourth-order valence-electron chi connectivity index (χ4n) is 4.92. The minimum Gasteiger partial charge on any atom is -0.493 e. The van der Waals surface area contributed by atoms with Crippen LogP contribution in [0.25, 0.3) is 55.4 Å². The van der Waals surface area contributed by atoms with Crippen molar-refractivity contribution in [2.75, 3.05) is 40.1 Å². The van der Waals surface area contributed by atoms with Gasteiger partial charge in [-0.25, -0.2) is 14.4 Å². The zero-order valence-electron chi connectivity index (χ0n) is 23.0. The van der Waals surface area contributed by atoms with E-state index in [9.17, 15) is 0 Å². The van der Waals surface area contributed by atoms with Crippen LogP contribution in [0.2, 0.25) is 0 Å². The maximum Gasteiger partial charge on any atom is 0.169 e. The molecule has 41 heavy (non-hydrogen) atoms. The lowest BCUT2D eigenvalue weighted by atomic mass is 9.97. The monoisotopic (exact) mass is 548 g/mol. The third kappa shape index (κ3) is 5.03. The number of nitrogens with zero attached hydrogens (tertiary/aromatic N) is 4. The van der Waals surface area contributed by atoms with Crippen LogP contribution in [0.4, 0.5) is 10.2 Å². The van der Waals surface area contributed by atoms with Crippen molar-refractivity contribution in [3.05, 3.63) is 84.8 Å². The first kappa shape index (κ1) is 26.2. The van der Waals surface area contributed by atoms with Gasteiger partial charge in [-0.05, 0) is 43.4 Å². The van der Waals surface area contributed by atoms with E-state index in [1.807, 2.05) is 67.5 Å². The molecule has 0 aliphatic heterocycles. The van der Waals surface area contributed by atoms with Gasteiger partial charge < -0.3 is 20.1 Å². The van der Waals surface area contributed by atoms with Gasteiger partial charge >= 0.3 is 0 Å². The second-order valence-corrected chi connectivity index (χ2v) is 9.99. The summed E-state index contributed by atoms with van der Waals surface area (Å²) in [5.74, 6) is 1.25. The van der Waals surface area contributed by atoms with Crippen LogP contribution in [0.1, 0.15) is 0 Å². The molecular weight excluding hydrogens is 519 g/mol. The fraction of sp³-hybridized carbons (Fsp3) is 0.156. The Morgan fingerprint density at radius 1 is 0.927 bits per heavy atom. The molecule has 0 atom stereocenters. The Morgan fingerprint density at radius 3 is 2.49 bits per heavy atom. The molecule has 0 bridgehead atoms. The first-order chi connectivity index (χ1) is 19.9. The number of aromatic nitrogens is 4. The summed E-state index contributed by atoms with van der Waals surface area (Å²) in [4.78, 5) is 11.5. The van der Waals surface area contributed by atoms with E-state index in [0.717, 1.165) is 27.6 Å². The third-order valence-electron chi connectivity index (χ3n) is 6.98. The minimum absolute atomic E-state index is 0.250. The number of H-pyrrole nitrogens is 1. The molecule has 6 rings (SSSR count). The normalized spacial score (nSPS) is 11.4. The number of aromatic amines is 1. The predicted molar refractivity (Wildman–Crippen MR) is 160 cm³/mol. The maximum absolute atomic E-state index is 15.2. The number of ether oxygens (including phenoxy) is 2. The second kappa shape index (κ2) is 10.9. The number of likely N-dealkylation sites (N-methyl/N-ethyl adjacent to an activating group) is 1. The number of hydrogen-bond acceptors (Lipinski definition) is 7. The van der Waals surface area contributed by atoms with Crippen LogP contribution in [0.15, 0.2) is 79.0 Å². The van der Waals surface area contributed by atoms with E-state index in [0.29, 0.717) is 52.5 Å². The molecule has 0 aliphatic carbocycles. The number of nitrogens with two attached hydrogens (primary N) is 1. The molecule has 0 unspecified atom stereocenters. The molecule has 2 aromatic heterocycles. The third-order valence-corrected chi connectivity index (χ3v) is 6.98. The van der Waals surface area contributed by atoms with Crippen molar-refractivity contribution in [1.82, 2.24) is 25.1 Å². The predicted octanol–water partition coefficient (Wildman–Crippen LogP) is 6.18. The van der Waals surface area contributed by atoms with Gasteiger partial charge in [-0.15, -0.1) is 0 Å². The van der Waals surface area contributed by atoms with E-state index in [4.69, 9.17) is 20.2 Å². The molecule has 2 heterocycles. The quantitative estimate of drug-likeness (QED) is 0.234. The molecule has 0 aliphatic rings. The van der Waals surface area contributed by atoms with Crippen molar-refractivity contribution < 1.29 is 13.9 Å². The number of anilines is 1. The lowest BCUT2D eigenvalue weighted by molar-refractivity contribution is 0.252. The highest BCUT2D eigenvalue weighted by Gasteiger charge is 2.23. The summed E-state index contributed by atoms with van der Waals surface area (Å²) in [6.07, 6.45) is 1.76. The molecule has 0 amide bonds. The van der Waals surface area contributed by atoms with Crippen LogP contribution in [0.3, 0.4) is 0 Å². The Hall–Kier alpha value is -5.02. The summed E-state index contributed by atoms with van der Waals surface area (Å²) in [6, 6.07) is 22.1. The molecule has 9 heteroatoms. The van der Waals surface area contributed by atoms with Crippen LogP contribution < -0.4 is 15.2 Å². The van der Waals surface area contributed by atoms with Crippen molar-refractivity contribution in [2.45, 2.75) is 0 Å². The van der Waals surface area contributed by atoms with Crippen LogP contribution >= 0.6 is 0 Å². The smallest absolute Gasteiger partial charge is 0.169 e. The molecule has 8 nitrogen and oxygen atoms in total. The van der Waals surface area contributed by atoms with Crippen molar-refractivity contribution in [3.63, 3.8) is 0 Å². The van der Waals surface area contributed by atoms with Gasteiger partial charge in [0.15, 0.2) is 17.3 Å². The van der Waals surface area contributed by atoms with Crippen molar-refractivity contribution in [2.24, 2.45) is 0 Å². The molecular formula is C32H29FN6O2. The summed E-state index contributed by atoms with van der Waals surface area (Å²) >= 11 is 0. The molecule has 0 fully saturated rings. The van der Waals surface area contributed by atoms with Gasteiger partial charge in [-0.1, -0.05) is 48.5 Å². The Kier molecular flexibility index (Phi) is 6.94. The SMILES string of the molecule is COc1cc2nc(-c3ccc(-c4ccccc4)c(F)c3)nc(N)c2c(-c2ccc3[nH]ncc3c2)c1OCCN(C)C. The van der Waals surface area contributed by atoms with E-state index in [2.05, 4.69) is 15.2 Å². The summed E-state index contributed by atoms with van der Waals surface area (Å²) in [6.45, 7) is 1.14. The highest BCUT2D eigenvalue weighted by atomic mass is 19.1. The molecule has 0 spiro atoms. The van der Waals surface area contributed by atoms with E-state index in [-0.39, 0.29) is 11.6 Å². The summed E-state index contributed by atoms with van der Waals surface area (Å²) in [5, 5.41) is 8.69. The zero-order chi connectivity index (χ0) is 28.5. The maximum atomic E-state index is 15.2. The molecule has 3 N–H and O–H groups in total. The van der Waals surface area contributed by atoms with Gasteiger partial charge in [0, 0.05) is 34.7 Å². The lowest BCUT2D eigenvalue weighted by Gasteiger charge is -2.20. The molecule has 0 saturated heterocycles. The molecule has 206 valence electrons. The Morgan fingerprint density at radius 2 is 1.73 bits per heavy atom. The Balaban J connectivity index is 1.53. The average molecular weight is 549 g/mol. The van der Waals surface area contributed by atoms with Crippen LogP contribution in [-0.2, 0) is 0 Å². The number of rotatable bonds is 8. The average Bonchev–Trinajstić information content (AvgIpc) is 3.45. The van der Waals surface area contributed by atoms with Crippen molar-refractivity contribution in [1.29, 1.82) is 0 Å². The largest absolute Gasteiger partial charge is 0.493 e. The zero-order valence-corrected chi connectivity index (χ0v) is 23.0. The van der Waals surface area contributed by atoms with Gasteiger partial charge in [0.1, 0.15) is 18.2 Å². The van der Waals surface area contributed by atoms with Crippen LogP contribution in [0, 0.1) is 5.82 Å². The van der Waals surface area contributed by atoms with Gasteiger partial charge in [0.05, 0.1) is 29.7 Å². The minimum atomic E-state index is -0.368. The number of halogens is 1.